The molecule has 3 atom stereocenters. The monoisotopic (exact) mass is 192 g/mol. The number of ether oxygens (including phenoxy) is 1. The van der Waals surface area contributed by atoms with Gasteiger partial charge in [-0.15, -0.1) is 0 Å². The van der Waals surface area contributed by atoms with Gasteiger partial charge in [0.05, 0.1) is 12.2 Å². The summed E-state index contributed by atoms with van der Waals surface area (Å²) in [5.41, 5.74) is 1.34. The molecule has 1 aliphatic rings. The summed E-state index contributed by atoms with van der Waals surface area (Å²) in [7, 11) is 0. The van der Waals surface area contributed by atoms with E-state index in [1.54, 1.807) is 6.92 Å². The summed E-state index contributed by atoms with van der Waals surface area (Å²) < 4.78 is 5.35. The van der Waals surface area contributed by atoms with E-state index in [4.69, 9.17) is 4.74 Å². The third-order valence-electron chi connectivity index (χ3n) is 2.66. The smallest absolute Gasteiger partial charge is 0.110 e. The highest BCUT2D eigenvalue weighted by atomic mass is 16.6. The molecule has 2 rings (SSSR count). The van der Waals surface area contributed by atoms with Crippen molar-refractivity contribution in [1.82, 2.24) is 0 Å². The standard InChI is InChI=1S/C12H16O2/c1-9(13)12-11(14-12)8-7-10-5-3-2-4-6-10/h2-6,9,11-13H,7-8H2,1H3/t9?,11-,12-/m0/s1. The van der Waals surface area contributed by atoms with E-state index in [-0.39, 0.29) is 18.3 Å². The van der Waals surface area contributed by atoms with Gasteiger partial charge in [0.25, 0.3) is 0 Å². The van der Waals surface area contributed by atoms with Gasteiger partial charge in [0.2, 0.25) is 0 Å². The second-order valence-electron chi connectivity index (χ2n) is 3.90. The van der Waals surface area contributed by atoms with Crippen molar-refractivity contribution in [3.05, 3.63) is 35.9 Å². The second kappa shape index (κ2) is 4.11. The molecule has 0 aromatic heterocycles. The lowest BCUT2D eigenvalue weighted by molar-refractivity contribution is 0.152. The number of hydrogen-bond donors (Lipinski definition) is 1. The van der Waals surface area contributed by atoms with Crippen LogP contribution in [0.15, 0.2) is 30.3 Å². The molecular weight excluding hydrogens is 176 g/mol. The summed E-state index contributed by atoms with van der Waals surface area (Å²) in [5, 5.41) is 9.23. The highest BCUT2D eigenvalue weighted by Gasteiger charge is 2.41. The van der Waals surface area contributed by atoms with E-state index in [0.29, 0.717) is 0 Å². The van der Waals surface area contributed by atoms with Crippen molar-refractivity contribution in [2.24, 2.45) is 0 Å². The Hall–Kier alpha value is -0.860. The molecule has 0 spiro atoms. The normalized spacial score (nSPS) is 27.3. The number of epoxide rings is 1. The maximum atomic E-state index is 9.23. The van der Waals surface area contributed by atoms with Gasteiger partial charge in [-0.05, 0) is 25.3 Å². The van der Waals surface area contributed by atoms with Crippen molar-refractivity contribution in [2.75, 3.05) is 0 Å². The van der Waals surface area contributed by atoms with E-state index in [2.05, 4.69) is 24.3 Å². The van der Waals surface area contributed by atoms with E-state index < -0.39 is 0 Å². The van der Waals surface area contributed by atoms with Crippen LogP contribution in [0.2, 0.25) is 0 Å². The van der Waals surface area contributed by atoms with Crippen LogP contribution < -0.4 is 0 Å². The van der Waals surface area contributed by atoms with Crippen LogP contribution in [0.3, 0.4) is 0 Å². The molecule has 0 radical (unpaired) electrons. The molecule has 1 aliphatic heterocycles. The van der Waals surface area contributed by atoms with Crippen LogP contribution in [0.25, 0.3) is 0 Å². The first-order valence-corrected chi connectivity index (χ1v) is 5.15. The van der Waals surface area contributed by atoms with Gasteiger partial charge in [-0.2, -0.15) is 0 Å². The molecule has 2 heteroatoms. The van der Waals surface area contributed by atoms with Crippen molar-refractivity contribution >= 4 is 0 Å². The van der Waals surface area contributed by atoms with E-state index >= 15 is 0 Å². The van der Waals surface area contributed by atoms with Crippen LogP contribution in [-0.4, -0.2) is 23.4 Å². The van der Waals surface area contributed by atoms with Crippen LogP contribution in [-0.2, 0) is 11.2 Å². The fourth-order valence-corrected chi connectivity index (χ4v) is 1.77. The summed E-state index contributed by atoms with van der Waals surface area (Å²) in [6.45, 7) is 1.78. The predicted molar refractivity (Wildman–Crippen MR) is 55.1 cm³/mol. The average Bonchev–Trinajstić information content (AvgIpc) is 2.96. The minimum absolute atomic E-state index is 0.0821. The van der Waals surface area contributed by atoms with E-state index in [1.807, 2.05) is 6.07 Å². The summed E-state index contributed by atoms with van der Waals surface area (Å²) in [4.78, 5) is 0. The largest absolute Gasteiger partial charge is 0.391 e. The molecule has 1 N–H and O–H groups in total. The molecule has 0 bridgehead atoms. The van der Waals surface area contributed by atoms with Gasteiger partial charge in [-0.3, -0.25) is 0 Å². The number of aliphatic hydroxyl groups is 1. The Labute approximate surface area is 84.5 Å². The summed E-state index contributed by atoms with van der Waals surface area (Å²) >= 11 is 0. The molecule has 1 heterocycles. The van der Waals surface area contributed by atoms with Gasteiger partial charge in [0.15, 0.2) is 0 Å². The van der Waals surface area contributed by atoms with Crippen molar-refractivity contribution in [2.45, 2.75) is 38.1 Å². The summed E-state index contributed by atoms with van der Waals surface area (Å²) in [6, 6.07) is 10.4. The van der Waals surface area contributed by atoms with Crippen molar-refractivity contribution in [3.63, 3.8) is 0 Å². The first kappa shape index (κ1) is 9.69. The predicted octanol–water partition coefficient (Wildman–Crippen LogP) is 1.77. The lowest BCUT2D eigenvalue weighted by Gasteiger charge is -1.99. The van der Waals surface area contributed by atoms with Gasteiger partial charge < -0.3 is 9.84 Å². The third-order valence-corrected chi connectivity index (χ3v) is 2.66. The van der Waals surface area contributed by atoms with Crippen LogP contribution >= 0.6 is 0 Å². The van der Waals surface area contributed by atoms with Crippen LogP contribution in [0.5, 0.6) is 0 Å². The molecule has 1 fully saturated rings. The molecule has 2 nitrogen and oxygen atoms in total. The van der Waals surface area contributed by atoms with Gasteiger partial charge in [-0.1, -0.05) is 30.3 Å². The first-order valence-electron chi connectivity index (χ1n) is 5.15. The number of aryl methyl sites for hydroxylation is 1. The second-order valence-corrected chi connectivity index (χ2v) is 3.90. The molecule has 1 saturated heterocycles. The first-order chi connectivity index (χ1) is 6.77. The molecule has 1 aromatic carbocycles. The SMILES string of the molecule is CC(O)[C@@H]1O[C@H]1CCc1ccccc1. The quantitative estimate of drug-likeness (QED) is 0.737. The topological polar surface area (TPSA) is 32.8 Å². The van der Waals surface area contributed by atoms with Crippen molar-refractivity contribution in [3.8, 4) is 0 Å². The van der Waals surface area contributed by atoms with Gasteiger partial charge >= 0.3 is 0 Å². The Kier molecular flexibility index (Phi) is 2.85. The van der Waals surface area contributed by atoms with Crippen LogP contribution in [0.4, 0.5) is 0 Å². The Bertz CT molecular complexity index is 282. The Morgan fingerprint density at radius 2 is 2.07 bits per heavy atom. The van der Waals surface area contributed by atoms with Gasteiger partial charge in [0.1, 0.15) is 6.10 Å². The summed E-state index contributed by atoms with van der Waals surface area (Å²) in [5.74, 6) is 0. The van der Waals surface area contributed by atoms with E-state index in [1.165, 1.54) is 5.56 Å². The van der Waals surface area contributed by atoms with Crippen molar-refractivity contribution in [1.29, 1.82) is 0 Å². The molecule has 0 amide bonds. The third kappa shape index (κ3) is 2.34. The van der Waals surface area contributed by atoms with Gasteiger partial charge in [-0.25, -0.2) is 0 Å². The van der Waals surface area contributed by atoms with Crippen LogP contribution in [0, 0.1) is 0 Å². The molecule has 1 unspecified atom stereocenters. The molecule has 1 aromatic rings. The van der Waals surface area contributed by atoms with E-state index in [9.17, 15) is 5.11 Å². The Morgan fingerprint density at radius 1 is 1.36 bits per heavy atom. The molecule has 0 saturated carbocycles. The molecule has 14 heavy (non-hydrogen) atoms. The average molecular weight is 192 g/mol. The minimum Gasteiger partial charge on any atom is -0.391 e. The lowest BCUT2D eigenvalue weighted by Crippen LogP contribution is -2.11. The minimum atomic E-state index is -0.323. The highest BCUT2D eigenvalue weighted by Crippen LogP contribution is 2.29. The number of rotatable bonds is 4. The molecule has 76 valence electrons. The number of aliphatic hydroxyl groups excluding tert-OH is 1. The zero-order chi connectivity index (χ0) is 9.97. The highest BCUT2D eigenvalue weighted by molar-refractivity contribution is 5.15. The van der Waals surface area contributed by atoms with E-state index in [0.717, 1.165) is 12.8 Å². The summed E-state index contributed by atoms with van der Waals surface area (Å²) in [6.07, 6.45) is 2.08. The number of hydrogen-bond acceptors (Lipinski definition) is 2. The molecular formula is C12H16O2. The van der Waals surface area contributed by atoms with Crippen molar-refractivity contribution < 1.29 is 9.84 Å². The zero-order valence-electron chi connectivity index (χ0n) is 8.39. The maximum Gasteiger partial charge on any atom is 0.110 e. The molecule has 0 aliphatic carbocycles. The van der Waals surface area contributed by atoms with Gasteiger partial charge in [0, 0.05) is 0 Å². The Balaban J connectivity index is 1.75. The fraction of sp³-hybridized carbons (Fsp3) is 0.500. The van der Waals surface area contributed by atoms with Crippen LogP contribution in [0.1, 0.15) is 18.9 Å². The number of benzene rings is 1. The lowest BCUT2D eigenvalue weighted by atomic mass is 10.1. The zero-order valence-corrected chi connectivity index (χ0v) is 8.39. The Morgan fingerprint density at radius 3 is 2.64 bits per heavy atom. The fourth-order valence-electron chi connectivity index (χ4n) is 1.77. The maximum absolute atomic E-state index is 9.23.